The topological polar surface area (TPSA) is 44.9 Å². The highest BCUT2D eigenvalue weighted by molar-refractivity contribution is 6.09. The molecule has 7 aromatic rings. The van der Waals surface area contributed by atoms with Gasteiger partial charge in [0, 0.05) is 40.4 Å². The van der Waals surface area contributed by atoms with Gasteiger partial charge in [-0.05, 0) is 128 Å². The van der Waals surface area contributed by atoms with Gasteiger partial charge in [-0.25, -0.2) is 9.67 Å². The Labute approximate surface area is 315 Å². The van der Waals surface area contributed by atoms with Crippen LogP contribution in [-0.4, -0.2) is 19.3 Å². The molecular formula is C48H54N4O. The van der Waals surface area contributed by atoms with Crippen LogP contribution in [0, 0.1) is 31.6 Å². The number of rotatable bonds is 10. The van der Waals surface area contributed by atoms with Gasteiger partial charge in [0.1, 0.15) is 17.3 Å². The van der Waals surface area contributed by atoms with E-state index in [1.165, 1.54) is 57.9 Å². The number of unbranched alkanes of at least 4 members (excludes halogenated alkanes) is 1. The van der Waals surface area contributed by atoms with Gasteiger partial charge in [-0.1, -0.05) is 84.4 Å². The van der Waals surface area contributed by atoms with Gasteiger partial charge in [-0.3, -0.25) is 4.57 Å². The maximum absolute atomic E-state index is 6.82. The Balaban J connectivity index is 1.30. The van der Waals surface area contributed by atoms with Gasteiger partial charge in [0.15, 0.2) is 0 Å². The van der Waals surface area contributed by atoms with Crippen molar-refractivity contribution in [2.75, 3.05) is 0 Å². The number of benzene rings is 4. The van der Waals surface area contributed by atoms with E-state index in [-0.39, 0.29) is 5.41 Å². The van der Waals surface area contributed by atoms with E-state index in [1.807, 2.05) is 6.20 Å². The standard InChI is InChI=1S/C48H54N4O/c1-32-22-24-49-45(25-32)51-43-21-18-35(15-13-14-23-47(4,5)6)28-42(43)41-20-19-39(30-44(41)51)53-40-27-36(31-48(7,8)9)26-38(29-40)52-34(3)46(33(2)50-52)37-16-11-10-12-17-37/h10-12,16-22,24-30H,13-15,23,31H2,1-9H3. The first kappa shape index (κ1) is 36.2. The minimum Gasteiger partial charge on any atom is -0.457 e. The second-order valence-corrected chi connectivity index (χ2v) is 17.3. The Bertz CT molecular complexity index is 2400. The molecule has 0 radical (unpaired) electrons. The minimum atomic E-state index is 0.103. The third kappa shape index (κ3) is 8.10. The van der Waals surface area contributed by atoms with Crippen LogP contribution in [0.5, 0.6) is 11.5 Å². The highest BCUT2D eigenvalue weighted by Crippen LogP contribution is 2.38. The maximum Gasteiger partial charge on any atom is 0.137 e. The Hall–Kier alpha value is -5.16. The van der Waals surface area contributed by atoms with Crippen molar-refractivity contribution in [3.63, 3.8) is 0 Å². The van der Waals surface area contributed by atoms with E-state index in [4.69, 9.17) is 14.8 Å². The quantitative estimate of drug-likeness (QED) is 0.133. The van der Waals surface area contributed by atoms with Crippen molar-refractivity contribution in [1.82, 2.24) is 19.3 Å². The normalized spacial score (nSPS) is 12.2. The Morgan fingerprint density at radius 3 is 2.19 bits per heavy atom. The van der Waals surface area contributed by atoms with Gasteiger partial charge in [-0.15, -0.1) is 0 Å². The van der Waals surface area contributed by atoms with Crippen LogP contribution in [0.15, 0.2) is 103 Å². The molecule has 0 aliphatic rings. The van der Waals surface area contributed by atoms with E-state index in [0.29, 0.717) is 5.41 Å². The molecule has 0 amide bonds. The summed E-state index contributed by atoms with van der Waals surface area (Å²) in [5, 5.41) is 7.50. The maximum atomic E-state index is 6.82. The Kier molecular flexibility index (Phi) is 9.80. The van der Waals surface area contributed by atoms with Crippen molar-refractivity contribution in [2.45, 2.75) is 94.4 Å². The first-order valence-corrected chi connectivity index (χ1v) is 19.2. The van der Waals surface area contributed by atoms with Crippen molar-refractivity contribution in [3.8, 4) is 34.1 Å². The molecule has 0 N–H and O–H groups in total. The molecule has 0 fully saturated rings. The summed E-state index contributed by atoms with van der Waals surface area (Å²) < 4.78 is 11.2. The van der Waals surface area contributed by atoms with E-state index >= 15 is 0 Å². The summed E-state index contributed by atoms with van der Waals surface area (Å²) in [5.74, 6) is 2.49. The molecule has 4 aromatic carbocycles. The van der Waals surface area contributed by atoms with Crippen LogP contribution in [0.3, 0.4) is 0 Å². The fraction of sp³-hybridized carbons (Fsp3) is 0.333. The molecule has 5 nitrogen and oxygen atoms in total. The minimum absolute atomic E-state index is 0.103. The van der Waals surface area contributed by atoms with Gasteiger partial charge in [0.25, 0.3) is 0 Å². The fourth-order valence-electron chi connectivity index (χ4n) is 7.73. The highest BCUT2D eigenvalue weighted by Gasteiger charge is 2.20. The van der Waals surface area contributed by atoms with E-state index in [0.717, 1.165) is 58.3 Å². The van der Waals surface area contributed by atoms with Crippen molar-refractivity contribution in [1.29, 1.82) is 0 Å². The molecule has 0 unspecified atom stereocenters. The van der Waals surface area contributed by atoms with Crippen molar-refractivity contribution in [3.05, 3.63) is 131 Å². The molecule has 0 saturated heterocycles. The smallest absolute Gasteiger partial charge is 0.137 e. The average Bonchev–Trinajstić information content (AvgIpc) is 3.57. The van der Waals surface area contributed by atoms with Gasteiger partial charge < -0.3 is 4.74 Å². The first-order valence-electron chi connectivity index (χ1n) is 19.2. The predicted molar refractivity (Wildman–Crippen MR) is 222 cm³/mol. The third-order valence-electron chi connectivity index (χ3n) is 10.1. The van der Waals surface area contributed by atoms with Gasteiger partial charge >= 0.3 is 0 Å². The largest absolute Gasteiger partial charge is 0.457 e. The summed E-state index contributed by atoms with van der Waals surface area (Å²) >= 11 is 0. The molecular weight excluding hydrogens is 649 g/mol. The van der Waals surface area contributed by atoms with Crippen LogP contribution in [-0.2, 0) is 12.8 Å². The summed E-state index contributed by atoms with van der Waals surface area (Å²) in [6.45, 7) is 20.2. The van der Waals surface area contributed by atoms with Gasteiger partial charge in [-0.2, -0.15) is 5.10 Å². The SMILES string of the molecule is Cc1ccnc(-n2c3ccc(CCCCC(C)(C)C)cc3c3ccc(Oc4cc(CC(C)(C)C)cc(-n5nc(C)c(-c6ccccc6)c5C)c4)cc32)c1. The highest BCUT2D eigenvalue weighted by atomic mass is 16.5. The van der Waals surface area contributed by atoms with Crippen LogP contribution in [0.4, 0.5) is 0 Å². The lowest BCUT2D eigenvalue weighted by Gasteiger charge is -2.20. The molecule has 0 aliphatic carbocycles. The lowest BCUT2D eigenvalue weighted by Crippen LogP contribution is -2.10. The first-order chi connectivity index (χ1) is 25.2. The molecule has 0 saturated carbocycles. The molecule has 0 spiro atoms. The van der Waals surface area contributed by atoms with Gasteiger partial charge in [0.05, 0.1) is 22.4 Å². The molecule has 3 aromatic heterocycles. The van der Waals surface area contributed by atoms with Crippen molar-refractivity contribution in [2.24, 2.45) is 10.8 Å². The van der Waals surface area contributed by atoms with Gasteiger partial charge in [0.2, 0.25) is 0 Å². The Morgan fingerprint density at radius 1 is 0.660 bits per heavy atom. The average molecular weight is 703 g/mol. The molecule has 0 bridgehead atoms. The van der Waals surface area contributed by atoms with E-state index in [1.54, 1.807) is 0 Å². The number of hydrogen-bond donors (Lipinski definition) is 0. The third-order valence-corrected chi connectivity index (χ3v) is 10.1. The molecule has 5 heteroatoms. The number of ether oxygens (including phenoxy) is 1. The number of pyridine rings is 1. The predicted octanol–water partition coefficient (Wildman–Crippen LogP) is 13.1. The number of aryl methyl sites for hydroxylation is 3. The molecule has 53 heavy (non-hydrogen) atoms. The van der Waals surface area contributed by atoms with E-state index in [9.17, 15) is 0 Å². The van der Waals surface area contributed by atoms with E-state index in [2.05, 4.69) is 169 Å². The van der Waals surface area contributed by atoms with Crippen LogP contribution in [0.25, 0.3) is 44.4 Å². The fourth-order valence-corrected chi connectivity index (χ4v) is 7.73. The lowest BCUT2D eigenvalue weighted by atomic mass is 9.88. The van der Waals surface area contributed by atoms with Crippen LogP contribution < -0.4 is 4.74 Å². The number of nitrogens with zero attached hydrogens (tertiary/aromatic N) is 4. The zero-order chi connectivity index (χ0) is 37.5. The molecule has 0 atom stereocenters. The van der Waals surface area contributed by atoms with Crippen molar-refractivity contribution >= 4 is 21.8 Å². The number of hydrogen-bond acceptors (Lipinski definition) is 3. The molecule has 3 heterocycles. The second-order valence-electron chi connectivity index (χ2n) is 17.3. The zero-order valence-corrected chi connectivity index (χ0v) is 33.0. The summed E-state index contributed by atoms with van der Waals surface area (Å²) in [7, 11) is 0. The summed E-state index contributed by atoms with van der Waals surface area (Å²) in [6.07, 6.45) is 7.57. The molecule has 272 valence electrons. The van der Waals surface area contributed by atoms with E-state index < -0.39 is 0 Å². The van der Waals surface area contributed by atoms with Crippen LogP contribution in [0.2, 0.25) is 0 Å². The lowest BCUT2D eigenvalue weighted by molar-refractivity contribution is 0.360. The molecule has 7 rings (SSSR count). The van der Waals surface area contributed by atoms with Crippen LogP contribution >= 0.6 is 0 Å². The van der Waals surface area contributed by atoms with Crippen LogP contribution in [0.1, 0.15) is 88.9 Å². The number of fused-ring (bicyclic) bond motifs is 3. The number of aromatic nitrogens is 4. The van der Waals surface area contributed by atoms with Crippen molar-refractivity contribution < 1.29 is 4.74 Å². The second kappa shape index (κ2) is 14.3. The monoisotopic (exact) mass is 702 g/mol. The summed E-state index contributed by atoms with van der Waals surface area (Å²) in [4.78, 5) is 4.84. The zero-order valence-electron chi connectivity index (χ0n) is 33.0. The molecule has 0 aliphatic heterocycles. The summed E-state index contributed by atoms with van der Waals surface area (Å²) in [6, 6.07) is 34.8. The summed E-state index contributed by atoms with van der Waals surface area (Å²) in [5.41, 5.74) is 11.9. The Morgan fingerprint density at radius 2 is 1.45 bits per heavy atom.